The maximum Gasteiger partial charge on any atom is 0.187 e. The number of carbonyl (C=O) groups excluding carboxylic acids is 1. The zero-order valence-corrected chi connectivity index (χ0v) is 10.6. The lowest BCUT2D eigenvalue weighted by Gasteiger charge is -2.05. The number of aromatic nitrogens is 2. The van der Waals surface area contributed by atoms with Crippen LogP contribution in [0.1, 0.15) is 21.7 Å². The minimum Gasteiger partial charge on any atom is -0.348 e. The van der Waals surface area contributed by atoms with Crippen LogP contribution >= 0.6 is 23.2 Å². The van der Waals surface area contributed by atoms with E-state index in [4.69, 9.17) is 23.2 Å². The van der Waals surface area contributed by atoms with Gasteiger partial charge in [-0.3, -0.25) is 4.79 Å². The third-order valence-corrected chi connectivity index (χ3v) is 3.20. The molecule has 0 fully saturated rings. The van der Waals surface area contributed by atoms with Gasteiger partial charge in [0.25, 0.3) is 0 Å². The molecule has 0 amide bonds. The number of H-pyrrole nitrogens is 1. The number of Topliss-reactive ketones (excluding diaryl/α,β-unsaturated/α-hetero) is 1. The van der Waals surface area contributed by atoms with Crippen LogP contribution in [-0.4, -0.2) is 15.8 Å². The zero-order valence-electron chi connectivity index (χ0n) is 9.13. The Morgan fingerprint density at radius 1 is 1.35 bits per heavy atom. The molecule has 0 saturated heterocycles. The number of nitrogens with zero attached hydrogens (tertiary/aromatic N) is 1. The molecule has 0 bridgehead atoms. The fraction of sp³-hybridized carbons (Fsp3) is 0.167. The lowest BCUT2D eigenvalue weighted by Crippen LogP contribution is -2.06. The van der Waals surface area contributed by atoms with E-state index in [-0.39, 0.29) is 12.2 Å². The van der Waals surface area contributed by atoms with Crippen LogP contribution in [0.5, 0.6) is 0 Å². The van der Waals surface area contributed by atoms with Gasteiger partial charge in [0.1, 0.15) is 5.69 Å². The molecule has 0 atom stereocenters. The largest absolute Gasteiger partial charge is 0.348 e. The number of ketones is 1. The molecule has 0 aliphatic rings. The van der Waals surface area contributed by atoms with Crippen molar-refractivity contribution in [3.8, 4) is 0 Å². The van der Waals surface area contributed by atoms with Gasteiger partial charge >= 0.3 is 0 Å². The van der Waals surface area contributed by atoms with Crippen LogP contribution in [-0.2, 0) is 6.42 Å². The van der Waals surface area contributed by atoms with Crippen molar-refractivity contribution >= 4 is 29.0 Å². The van der Waals surface area contributed by atoms with E-state index in [0.29, 0.717) is 21.3 Å². The number of halogens is 2. The Balaban J connectivity index is 2.28. The molecule has 0 saturated carbocycles. The highest BCUT2D eigenvalue weighted by atomic mass is 35.5. The van der Waals surface area contributed by atoms with E-state index in [0.717, 1.165) is 5.69 Å². The number of hydrogen-bond acceptors (Lipinski definition) is 2. The van der Waals surface area contributed by atoms with Crippen LogP contribution in [0, 0.1) is 6.92 Å². The third kappa shape index (κ3) is 2.51. The molecule has 0 aliphatic heterocycles. The number of imidazole rings is 1. The number of aryl methyl sites for hydroxylation is 1. The highest BCUT2D eigenvalue weighted by Crippen LogP contribution is 2.25. The van der Waals surface area contributed by atoms with E-state index in [1.807, 2.05) is 0 Å². The smallest absolute Gasteiger partial charge is 0.187 e. The van der Waals surface area contributed by atoms with Gasteiger partial charge in [-0.15, -0.1) is 0 Å². The summed E-state index contributed by atoms with van der Waals surface area (Å²) in [7, 11) is 0. The van der Waals surface area contributed by atoms with Crippen molar-refractivity contribution in [2.24, 2.45) is 0 Å². The van der Waals surface area contributed by atoms with Crippen molar-refractivity contribution in [1.29, 1.82) is 0 Å². The van der Waals surface area contributed by atoms with Gasteiger partial charge in [-0.1, -0.05) is 29.3 Å². The monoisotopic (exact) mass is 268 g/mol. The standard InChI is InChI=1S/C12H10Cl2N2O/c1-7-12(16-6-15-7)11(17)5-8-9(13)3-2-4-10(8)14/h2-4,6H,5H2,1H3,(H,15,16). The second-order valence-electron chi connectivity index (χ2n) is 3.68. The molecular weight excluding hydrogens is 259 g/mol. The predicted octanol–water partition coefficient (Wildman–Crippen LogP) is 3.45. The Morgan fingerprint density at radius 3 is 2.53 bits per heavy atom. The third-order valence-electron chi connectivity index (χ3n) is 2.49. The molecule has 1 aromatic heterocycles. The van der Waals surface area contributed by atoms with Gasteiger partial charge in [0.2, 0.25) is 0 Å². The van der Waals surface area contributed by atoms with Crippen molar-refractivity contribution in [2.45, 2.75) is 13.3 Å². The van der Waals surface area contributed by atoms with Gasteiger partial charge in [-0.25, -0.2) is 4.98 Å². The van der Waals surface area contributed by atoms with Crippen molar-refractivity contribution < 1.29 is 4.79 Å². The quantitative estimate of drug-likeness (QED) is 0.867. The van der Waals surface area contributed by atoms with Gasteiger partial charge in [0.15, 0.2) is 5.78 Å². The van der Waals surface area contributed by atoms with Crippen molar-refractivity contribution in [1.82, 2.24) is 9.97 Å². The zero-order chi connectivity index (χ0) is 12.4. The Kier molecular flexibility index (Phi) is 3.50. The van der Waals surface area contributed by atoms with Gasteiger partial charge in [-0.05, 0) is 24.6 Å². The highest BCUT2D eigenvalue weighted by Gasteiger charge is 2.15. The summed E-state index contributed by atoms with van der Waals surface area (Å²) >= 11 is 12.0. The van der Waals surface area contributed by atoms with E-state index in [1.165, 1.54) is 6.33 Å². The minimum absolute atomic E-state index is 0.0984. The van der Waals surface area contributed by atoms with Gasteiger partial charge in [-0.2, -0.15) is 0 Å². The summed E-state index contributed by atoms with van der Waals surface area (Å²) in [5.74, 6) is -0.0984. The number of rotatable bonds is 3. The highest BCUT2D eigenvalue weighted by molar-refractivity contribution is 6.36. The molecule has 17 heavy (non-hydrogen) atoms. The number of benzene rings is 1. The maximum atomic E-state index is 12.0. The molecule has 1 aromatic carbocycles. The van der Waals surface area contributed by atoms with Crippen molar-refractivity contribution in [3.63, 3.8) is 0 Å². The molecule has 0 aliphatic carbocycles. The molecule has 0 spiro atoms. The number of carbonyl (C=O) groups is 1. The Labute approximate surface area is 109 Å². The van der Waals surface area contributed by atoms with Crippen LogP contribution in [0.3, 0.4) is 0 Å². The predicted molar refractivity (Wildman–Crippen MR) is 67.8 cm³/mol. The first-order chi connectivity index (χ1) is 8.09. The van der Waals surface area contributed by atoms with Gasteiger partial charge in [0, 0.05) is 22.2 Å². The van der Waals surface area contributed by atoms with E-state index in [1.54, 1.807) is 25.1 Å². The van der Waals surface area contributed by atoms with Crippen LogP contribution in [0.2, 0.25) is 10.0 Å². The molecule has 0 radical (unpaired) electrons. The average Bonchev–Trinajstić information content (AvgIpc) is 2.70. The maximum absolute atomic E-state index is 12.0. The number of nitrogens with one attached hydrogen (secondary N) is 1. The normalized spacial score (nSPS) is 10.5. The lowest BCUT2D eigenvalue weighted by atomic mass is 10.1. The minimum atomic E-state index is -0.0984. The molecule has 0 unspecified atom stereocenters. The molecule has 3 nitrogen and oxygen atoms in total. The van der Waals surface area contributed by atoms with E-state index in [9.17, 15) is 4.79 Å². The van der Waals surface area contributed by atoms with Crippen LogP contribution in [0.4, 0.5) is 0 Å². The Hall–Kier alpha value is -1.32. The van der Waals surface area contributed by atoms with Crippen molar-refractivity contribution in [2.75, 3.05) is 0 Å². The summed E-state index contributed by atoms with van der Waals surface area (Å²) in [4.78, 5) is 18.8. The second-order valence-corrected chi connectivity index (χ2v) is 4.49. The van der Waals surface area contributed by atoms with E-state index in [2.05, 4.69) is 9.97 Å². The second kappa shape index (κ2) is 4.90. The van der Waals surface area contributed by atoms with Crippen LogP contribution in [0.15, 0.2) is 24.5 Å². The van der Waals surface area contributed by atoms with Gasteiger partial charge in [0.05, 0.1) is 6.33 Å². The number of hydrogen-bond donors (Lipinski definition) is 1. The Bertz CT molecular complexity index is 543. The summed E-state index contributed by atoms with van der Waals surface area (Å²) in [5, 5.41) is 0.998. The van der Waals surface area contributed by atoms with Gasteiger partial charge < -0.3 is 4.98 Å². The summed E-state index contributed by atoms with van der Waals surface area (Å²) in [6.07, 6.45) is 1.65. The summed E-state index contributed by atoms with van der Waals surface area (Å²) in [6.45, 7) is 1.80. The average molecular weight is 269 g/mol. The van der Waals surface area contributed by atoms with E-state index < -0.39 is 0 Å². The van der Waals surface area contributed by atoms with Crippen LogP contribution in [0.25, 0.3) is 0 Å². The Morgan fingerprint density at radius 2 is 2.00 bits per heavy atom. The molecule has 2 rings (SSSR count). The SMILES string of the molecule is Cc1[nH]cnc1C(=O)Cc1c(Cl)cccc1Cl. The molecule has 88 valence electrons. The lowest BCUT2D eigenvalue weighted by molar-refractivity contribution is 0.0988. The summed E-state index contributed by atoms with van der Waals surface area (Å²) < 4.78 is 0. The molecule has 2 aromatic rings. The number of aromatic amines is 1. The fourth-order valence-corrected chi connectivity index (χ4v) is 2.12. The van der Waals surface area contributed by atoms with E-state index >= 15 is 0 Å². The molecule has 1 N–H and O–H groups in total. The molecule has 5 heteroatoms. The summed E-state index contributed by atoms with van der Waals surface area (Å²) in [5.41, 5.74) is 1.82. The van der Waals surface area contributed by atoms with Crippen LogP contribution < -0.4 is 0 Å². The fourth-order valence-electron chi connectivity index (χ4n) is 1.59. The molecule has 1 heterocycles. The first kappa shape index (κ1) is 12.1. The topological polar surface area (TPSA) is 45.8 Å². The molecular formula is C12H10Cl2N2O. The summed E-state index contributed by atoms with van der Waals surface area (Å²) in [6, 6.07) is 5.18. The first-order valence-corrected chi connectivity index (χ1v) is 5.81. The first-order valence-electron chi connectivity index (χ1n) is 5.05. The van der Waals surface area contributed by atoms with Crippen molar-refractivity contribution in [3.05, 3.63) is 51.5 Å².